The molecule has 90 valence electrons. The fraction of sp³-hybridized carbons (Fsp3) is 0.500. The third-order valence-electron chi connectivity index (χ3n) is 2.52. The highest BCUT2D eigenvalue weighted by Gasteiger charge is 2.13. The highest BCUT2D eigenvalue weighted by Crippen LogP contribution is 2.26. The van der Waals surface area contributed by atoms with Crippen molar-refractivity contribution < 1.29 is 0 Å². The number of hydrogen-bond acceptors (Lipinski definition) is 1. The van der Waals surface area contributed by atoms with Crippen LogP contribution >= 0.6 is 39.1 Å². The summed E-state index contributed by atoms with van der Waals surface area (Å²) in [7, 11) is 0. The maximum Gasteiger partial charge on any atom is 0.0465 e. The lowest BCUT2D eigenvalue weighted by atomic mass is 10.2. The van der Waals surface area contributed by atoms with Gasteiger partial charge in [0.2, 0.25) is 0 Å². The van der Waals surface area contributed by atoms with Gasteiger partial charge < -0.3 is 0 Å². The summed E-state index contributed by atoms with van der Waals surface area (Å²) in [6.45, 7) is 6.13. The number of benzene rings is 1. The predicted octanol–water partition coefficient (Wildman–Crippen LogP) is 4.60. The molecule has 0 N–H and O–H groups in total. The second kappa shape index (κ2) is 6.85. The standard InChI is InChI=1S/C12H16BrCl2N/c1-9(2)16(7-6-13)8-10-11(14)4-3-5-12(10)15/h3-5,9H,6-8H2,1-2H3. The Morgan fingerprint density at radius 1 is 1.25 bits per heavy atom. The van der Waals surface area contributed by atoms with Gasteiger partial charge in [-0.3, -0.25) is 4.90 Å². The van der Waals surface area contributed by atoms with Gasteiger partial charge in [-0.05, 0) is 26.0 Å². The van der Waals surface area contributed by atoms with Crippen molar-refractivity contribution in [2.45, 2.75) is 26.4 Å². The highest BCUT2D eigenvalue weighted by molar-refractivity contribution is 9.09. The monoisotopic (exact) mass is 323 g/mol. The summed E-state index contributed by atoms with van der Waals surface area (Å²) >= 11 is 15.8. The number of nitrogens with zero attached hydrogens (tertiary/aromatic N) is 1. The van der Waals surface area contributed by atoms with Crippen LogP contribution in [0.1, 0.15) is 19.4 Å². The van der Waals surface area contributed by atoms with E-state index in [1.165, 1.54) is 0 Å². The molecule has 0 bridgehead atoms. The maximum atomic E-state index is 6.16. The Bertz CT molecular complexity index is 322. The average molecular weight is 325 g/mol. The van der Waals surface area contributed by atoms with Crippen LogP contribution in [0.2, 0.25) is 10.0 Å². The Morgan fingerprint density at radius 2 is 1.81 bits per heavy atom. The smallest absolute Gasteiger partial charge is 0.0465 e. The van der Waals surface area contributed by atoms with Crippen molar-refractivity contribution in [3.05, 3.63) is 33.8 Å². The Balaban J connectivity index is 2.84. The Hall–Kier alpha value is 0.240. The van der Waals surface area contributed by atoms with Crippen LogP contribution in [-0.2, 0) is 6.54 Å². The van der Waals surface area contributed by atoms with Gasteiger partial charge in [0, 0.05) is 40.1 Å². The van der Waals surface area contributed by atoms with Gasteiger partial charge in [0.05, 0.1) is 0 Å². The molecule has 0 radical (unpaired) electrons. The molecule has 0 saturated carbocycles. The lowest BCUT2D eigenvalue weighted by Crippen LogP contribution is -2.32. The molecule has 0 aliphatic carbocycles. The second-order valence-corrected chi connectivity index (χ2v) is 5.56. The van der Waals surface area contributed by atoms with Gasteiger partial charge in [0.25, 0.3) is 0 Å². The zero-order chi connectivity index (χ0) is 12.1. The lowest BCUT2D eigenvalue weighted by Gasteiger charge is -2.26. The van der Waals surface area contributed by atoms with Crippen LogP contribution in [0.15, 0.2) is 18.2 Å². The molecule has 0 heterocycles. The summed E-state index contributed by atoms with van der Waals surface area (Å²) in [4.78, 5) is 2.34. The predicted molar refractivity (Wildman–Crippen MR) is 75.8 cm³/mol. The van der Waals surface area contributed by atoms with E-state index in [0.29, 0.717) is 6.04 Å². The number of hydrogen-bond donors (Lipinski definition) is 0. The zero-order valence-corrected chi connectivity index (χ0v) is 12.6. The van der Waals surface area contributed by atoms with Crippen molar-refractivity contribution in [2.24, 2.45) is 0 Å². The molecule has 4 heteroatoms. The highest BCUT2D eigenvalue weighted by atomic mass is 79.9. The van der Waals surface area contributed by atoms with Gasteiger partial charge in [-0.1, -0.05) is 45.2 Å². The van der Waals surface area contributed by atoms with E-state index in [-0.39, 0.29) is 0 Å². The average Bonchev–Trinajstić information content (AvgIpc) is 2.21. The molecule has 1 aromatic carbocycles. The molecule has 16 heavy (non-hydrogen) atoms. The Kier molecular flexibility index (Phi) is 6.12. The van der Waals surface area contributed by atoms with Crippen LogP contribution in [0.4, 0.5) is 0 Å². The molecule has 0 unspecified atom stereocenters. The quantitative estimate of drug-likeness (QED) is 0.715. The van der Waals surface area contributed by atoms with Crippen LogP contribution in [0, 0.1) is 0 Å². The molecule has 0 spiro atoms. The van der Waals surface area contributed by atoms with Crippen molar-refractivity contribution in [3.63, 3.8) is 0 Å². The van der Waals surface area contributed by atoms with E-state index in [0.717, 1.165) is 34.0 Å². The van der Waals surface area contributed by atoms with Gasteiger partial charge in [-0.2, -0.15) is 0 Å². The van der Waals surface area contributed by atoms with E-state index in [2.05, 4.69) is 34.7 Å². The summed E-state index contributed by atoms with van der Waals surface area (Å²) < 4.78 is 0. The Morgan fingerprint density at radius 3 is 2.25 bits per heavy atom. The van der Waals surface area contributed by atoms with E-state index in [4.69, 9.17) is 23.2 Å². The largest absolute Gasteiger partial charge is 0.296 e. The summed E-state index contributed by atoms with van der Waals surface area (Å²) in [5.74, 6) is 0. The lowest BCUT2D eigenvalue weighted by molar-refractivity contribution is 0.227. The van der Waals surface area contributed by atoms with Crippen molar-refractivity contribution in [1.82, 2.24) is 4.90 Å². The minimum Gasteiger partial charge on any atom is -0.296 e. The minimum atomic E-state index is 0.477. The van der Waals surface area contributed by atoms with E-state index in [1.807, 2.05) is 18.2 Å². The normalized spacial score (nSPS) is 11.4. The Labute approximate surface area is 116 Å². The molecular weight excluding hydrogens is 309 g/mol. The van der Waals surface area contributed by atoms with Crippen molar-refractivity contribution in [1.29, 1.82) is 0 Å². The summed E-state index contributed by atoms with van der Waals surface area (Å²) in [5.41, 5.74) is 1.01. The SMILES string of the molecule is CC(C)N(CCBr)Cc1c(Cl)cccc1Cl. The first-order valence-corrected chi connectivity index (χ1v) is 7.17. The molecular formula is C12H16BrCl2N. The number of alkyl halides is 1. The maximum absolute atomic E-state index is 6.16. The first kappa shape index (κ1) is 14.3. The molecule has 0 saturated heterocycles. The first-order chi connectivity index (χ1) is 7.56. The van der Waals surface area contributed by atoms with Gasteiger partial charge >= 0.3 is 0 Å². The van der Waals surface area contributed by atoms with Crippen molar-refractivity contribution >= 4 is 39.1 Å². The summed E-state index contributed by atoms with van der Waals surface area (Å²) in [5, 5.41) is 2.44. The fourth-order valence-electron chi connectivity index (χ4n) is 1.51. The molecule has 0 aliphatic heterocycles. The molecule has 1 rings (SSSR count). The van der Waals surface area contributed by atoms with Crippen LogP contribution in [-0.4, -0.2) is 22.8 Å². The minimum absolute atomic E-state index is 0.477. The summed E-state index contributed by atoms with van der Waals surface area (Å²) in [6.07, 6.45) is 0. The van der Waals surface area contributed by atoms with Crippen LogP contribution < -0.4 is 0 Å². The second-order valence-electron chi connectivity index (χ2n) is 3.95. The first-order valence-electron chi connectivity index (χ1n) is 5.29. The molecule has 0 amide bonds. The van der Waals surface area contributed by atoms with Crippen molar-refractivity contribution in [2.75, 3.05) is 11.9 Å². The number of halogens is 3. The van der Waals surface area contributed by atoms with Crippen LogP contribution in [0.3, 0.4) is 0 Å². The molecule has 0 fully saturated rings. The summed E-state index contributed by atoms with van der Waals surface area (Å²) in [6, 6.07) is 6.12. The molecule has 1 aromatic rings. The van der Waals surface area contributed by atoms with Crippen molar-refractivity contribution in [3.8, 4) is 0 Å². The molecule has 1 nitrogen and oxygen atoms in total. The third-order valence-corrected chi connectivity index (χ3v) is 3.59. The van der Waals surface area contributed by atoms with Gasteiger partial charge in [-0.15, -0.1) is 0 Å². The molecule has 0 aromatic heterocycles. The van der Waals surface area contributed by atoms with E-state index >= 15 is 0 Å². The molecule has 0 atom stereocenters. The van der Waals surface area contributed by atoms with Crippen LogP contribution in [0.25, 0.3) is 0 Å². The zero-order valence-electron chi connectivity index (χ0n) is 9.51. The van der Waals surface area contributed by atoms with E-state index < -0.39 is 0 Å². The van der Waals surface area contributed by atoms with Crippen LogP contribution in [0.5, 0.6) is 0 Å². The third kappa shape index (κ3) is 3.92. The van der Waals surface area contributed by atoms with E-state index in [9.17, 15) is 0 Å². The topological polar surface area (TPSA) is 3.24 Å². The van der Waals surface area contributed by atoms with Gasteiger partial charge in [0.15, 0.2) is 0 Å². The number of rotatable bonds is 5. The molecule has 0 aliphatic rings. The fourth-order valence-corrected chi connectivity index (χ4v) is 2.49. The van der Waals surface area contributed by atoms with E-state index in [1.54, 1.807) is 0 Å². The van der Waals surface area contributed by atoms with Gasteiger partial charge in [0.1, 0.15) is 0 Å². The van der Waals surface area contributed by atoms with Gasteiger partial charge in [-0.25, -0.2) is 0 Å².